The van der Waals surface area contributed by atoms with Crippen LogP contribution in [0.1, 0.15) is 31.0 Å². The number of nitrogens with zero attached hydrogens (tertiary/aromatic N) is 2. The maximum absolute atomic E-state index is 12.0. The molecule has 5 heteroatoms. The first-order chi connectivity index (χ1) is 11.7. The van der Waals surface area contributed by atoms with Crippen LogP contribution in [0.2, 0.25) is 0 Å². The summed E-state index contributed by atoms with van der Waals surface area (Å²) in [6.07, 6.45) is 3.16. The van der Waals surface area contributed by atoms with Crippen molar-refractivity contribution in [3.8, 4) is 17.3 Å². The average Bonchev–Trinajstić information content (AvgIpc) is 2.85. The predicted molar refractivity (Wildman–Crippen MR) is 92.8 cm³/mol. The zero-order chi connectivity index (χ0) is 16.9. The number of aromatic nitrogens is 2. The number of nitrogens with one attached hydrogen (secondary N) is 1. The van der Waals surface area contributed by atoms with Crippen LogP contribution in [0.15, 0.2) is 30.3 Å². The van der Waals surface area contributed by atoms with Crippen molar-refractivity contribution in [2.45, 2.75) is 32.6 Å². The summed E-state index contributed by atoms with van der Waals surface area (Å²) in [5.41, 5.74) is 3.05. The zero-order valence-corrected chi connectivity index (χ0v) is 14.2. The SMILES string of the molecule is CCOc1nc(-c2ccccc2)nc2c1CCC(C(=O)NC)CC2. The summed E-state index contributed by atoms with van der Waals surface area (Å²) in [4.78, 5) is 21.4. The molecule has 1 unspecified atom stereocenters. The lowest BCUT2D eigenvalue weighted by atomic mass is 9.99. The third-order valence-corrected chi connectivity index (χ3v) is 4.46. The first-order valence-electron chi connectivity index (χ1n) is 8.52. The molecule has 0 saturated carbocycles. The number of fused-ring (bicyclic) bond motifs is 1. The molecule has 3 rings (SSSR count). The molecule has 2 aromatic rings. The van der Waals surface area contributed by atoms with Gasteiger partial charge < -0.3 is 10.1 Å². The molecule has 1 aliphatic rings. The average molecular weight is 325 g/mol. The molecule has 1 heterocycles. The van der Waals surface area contributed by atoms with E-state index < -0.39 is 0 Å². The molecule has 5 nitrogen and oxygen atoms in total. The highest BCUT2D eigenvalue weighted by atomic mass is 16.5. The van der Waals surface area contributed by atoms with Crippen LogP contribution in [-0.2, 0) is 17.6 Å². The molecule has 1 amide bonds. The van der Waals surface area contributed by atoms with Crippen LogP contribution < -0.4 is 10.1 Å². The summed E-state index contributed by atoms with van der Waals surface area (Å²) >= 11 is 0. The van der Waals surface area contributed by atoms with Gasteiger partial charge in [0, 0.05) is 24.1 Å². The van der Waals surface area contributed by atoms with Gasteiger partial charge in [-0.3, -0.25) is 4.79 Å². The quantitative estimate of drug-likeness (QED) is 0.878. The first kappa shape index (κ1) is 16.4. The van der Waals surface area contributed by atoms with Crippen LogP contribution >= 0.6 is 0 Å². The van der Waals surface area contributed by atoms with E-state index in [4.69, 9.17) is 9.72 Å². The number of rotatable bonds is 4. The third kappa shape index (κ3) is 3.40. The van der Waals surface area contributed by atoms with Gasteiger partial charge in [0.2, 0.25) is 11.8 Å². The molecular formula is C19H23N3O2. The summed E-state index contributed by atoms with van der Waals surface area (Å²) in [5, 5.41) is 2.76. The predicted octanol–water partition coefficient (Wildman–Crippen LogP) is 2.78. The van der Waals surface area contributed by atoms with Crippen LogP contribution in [0.3, 0.4) is 0 Å². The van der Waals surface area contributed by atoms with Crippen LogP contribution in [0.4, 0.5) is 0 Å². The van der Waals surface area contributed by atoms with Gasteiger partial charge in [0.15, 0.2) is 5.82 Å². The van der Waals surface area contributed by atoms with Crippen molar-refractivity contribution in [1.29, 1.82) is 0 Å². The fraction of sp³-hybridized carbons (Fsp3) is 0.421. The van der Waals surface area contributed by atoms with E-state index >= 15 is 0 Å². The Bertz CT molecular complexity index is 716. The summed E-state index contributed by atoms with van der Waals surface area (Å²) in [5.74, 6) is 1.49. The van der Waals surface area contributed by atoms with E-state index in [0.29, 0.717) is 18.3 Å². The Labute approximate surface area is 142 Å². The minimum Gasteiger partial charge on any atom is -0.478 e. The molecule has 0 bridgehead atoms. The minimum absolute atomic E-state index is 0.0267. The Hall–Kier alpha value is -2.43. The van der Waals surface area contributed by atoms with Crippen molar-refractivity contribution in [3.63, 3.8) is 0 Å². The van der Waals surface area contributed by atoms with Crippen LogP contribution in [0.25, 0.3) is 11.4 Å². The highest BCUT2D eigenvalue weighted by Crippen LogP contribution is 2.31. The van der Waals surface area contributed by atoms with Gasteiger partial charge in [0.05, 0.1) is 12.3 Å². The molecule has 1 aliphatic carbocycles. The fourth-order valence-corrected chi connectivity index (χ4v) is 3.18. The summed E-state index contributed by atoms with van der Waals surface area (Å²) < 4.78 is 5.79. The topological polar surface area (TPSA) is 64.1 Å². The number of ether oxygens (including phenoxy) is 1. The standard InChI is InChI=1S/C19H23N3O2/c1-3-24-19-15-11-9-14(18(23)20-2)10-12-16(15)21-17(22-19)13-7-5-4-6-8-13/h4-8,14H,3,9-12H2,1-2H3,(H,20,23). The minimum atomic E-state index is 0.0267. The highest BCUT2D eigenvalue weighted by molar-refractivity contribution is 5.78. The van der Waals surface area contributed by atoms with E-state index in [1.165, 1.54) is 0 Å². The fourth-order valence-electron chi connectivity index (χ4n) is 3.18. The van der Waals surface area contributed by atoms with Crippen LogP contribution in [0.5, 0.6) is 5.88 Å². The summed E-state index contributed by atoms with van der Waals surface area (Å²) in [6, 6.07) is 9.94. The first-order valence-corrected chi connectivity index (χ1v) is 8.52. The number of benzene rings is 1. The molecule has 0 fully saturated rings. The van der Waals surface area contributed by atoms with Gasteiger partial charge >= 0.3 is 0 Å². The van der Waals surface area contributed by atoms with Gasteiger partial charge in [0.25, 0.3) is 0 Å². The van der Waals surface area contributed by atoms with E-state index in [0.717, 1.165) is 42.5 Å². The lowest BCUT2D eigenvalue weighted by Crippen LogP contribution is -2.27. The van der Waals surface area contributed by atoms with Crippen molar-refractivity contribution < 1.29 is 9.53 Å². The largest absolute Gasteiger partial charge is 0.478 e. The van der Waals surface area contributed by atoms with E-state index in [2.05, 4.69) is 10.3 Å². The number of hydrogen-bond acceptors (Lipinski definition) is 4. The number of carbonyl (C=O) groups is 1. The maximum Gasteiger partial charge on any atom is 0.222 e. The molecule has 0 radical (unpaired) electrons. The van der Waals surface area contributed by atoms with Gasteiger partial charge in [-0.05, 0) is 32.6 Å². The molecule has 0 spiro atoms. The molecule has 1 aromatic carbocycles. The number of amides is 1. The second kappa shape index (κ2) is 7.43. The van der Waals surface area contributed by atoms with E-state index in [9.17, 15) is 4.79 Å². The van der Waals surface area contributed by atoms with Gasteiger partial charge in [-0.25, -0.2) is 4.98 Å². The van der Waals surface area contributed by atoms with Gasteiger partial charge in [0.1, 0.15) is 0 Å². The maximum atomic E-state index is 12.0. The zero-order valence-electron chi connectivity index (χ0n) is 14.2. The summed E-state index contributed by atoms with van der Waals surface area (Å²) in [6.45, 7) is 2.53. The van der Waals surface area contributed by atoms with Gasteiger partial charge in [-0.1, -0.05) is 30.3 Å². The Morgan fingerprint density at radius 1 is 1.21 bits per heavy atom. The molecule has 1 aromatic heterocycles. The molecule has 24 heavy (non-hydrogen) atoms. The molecular weight excluding hydrogens is 302 g/mol. The van der Waals surface area contributed by atoms with Crippen molar-refractivity contribution >= 4 is 5.91 Å². The number of hydrogen-bond donors (Lipinski definition) is 1. The third-order valence-electron chi connectivity index (χ3n) is 4.46. The smallest absolute Gasteiger partial charge is 0.222 e. The number of carbonyl (C=O) groups excluding carboxylic acids is 1. The van der Waals surface area contributed by atoms with E-state index in [-0.39, 0.29) is 11.8 Å². The van der Waals surface area contributed by atoms with Crippen molar-refractivity contribution in [3.05, 3.63) is 41.6 Å². The van der Waals surface area contributed by atoms with Gasteiger partial charge in [-0.2, -0.15) is 4.98 Å². The van der Waals surface area contributed by atoms with Crippen LogP contribution in [-0.4, -0.2) is 29.5 Å². The second-order valence-corrected chi connectivity index (χ2v) is 5.97. The molecule has 1 atom stereocenters. The van der Waals surface area contributed by atoms with E-state index in [1.54, 1.807) is 7.05 Å². The van der Waals surface area contributed by atoms with Crippen molar-refractivity contribution in [1.82, 2.24) is 15.3 Å². The van der Waals surface area contributed by atoms with Gasteiger partial charge in [-0.15, -0.1) is 0 Å². The highest BCUT2D eigenvalue weighted by Gasteiger charge is 2.25. The Balaban J connectivity index is 1.98. The molecule has 126 valence electrons. The van der Waals surface area contributed by atoms with Crippen LogP contribution in [0, 0.1) is 5.92 Å². The van der Waals surface area contributed by atoms with Crippen molar-refractivity contribution in [2.24, 2.45) is 5.92 Å². The Morgan fingerprint density at radius 3 is 2.67 bits per heavy atom. The normalized spacial score (nSPS) is 16.8. The molecule has 0 aliphatic heterocycles. The number of aryl methyl sites for hydroxylation is 1. The molecule has 1 N–H and O–H groups in total. The second-order valence-electron chi connectivity index (χ2n) is 5.97. The van der Waals surface area contributed by atoms with Crippen molar-refractivity contribution in [2.75, 3.05) is 13.7 Å². The lowest BCUT2D eigenvalue weighted by Gasteiger charge is -2.13. The Morgan fingerprint density at radius 2 is 1.96 bits per heavy atom. The Kier molecular flexibility index (Phi) is 5.08. The van der Waals surface area contributed by atoms with E-state index in [1.807, 2.05) is 37.3 Å². The monoisotopic (exact) mass is 325 g/mol. The lowest BCUT2D eigenvalue weighted by molar-refractivity contribution is -0.124. The summed E-state index contributed by atoms with van der Waals surface area (Å²) in [7, 11) is 1.69. The molecule has 0 saturated heterocycles.